The molecule has 146 valence electrons. The number of nitrogens with one attached hydrogen (secondary N) is 2. The number of pyridine rings is 1. The molecule has 0 saturated heterocycles. The zero-order valence-corrected chi connectivity index (χ0v) is 16.1. The van der Waals surface area contributed by atoms with Crippen molar-refractivity contribution < 1.29 is 9.21 Å². The van der Waals surface area contributed by atoms with Crippen molar-refractivity contribution in [2.24, 2.45) is 0 Å². The lowest BCUT2D eigenvalue weighted by Crippen LogP contribution is -2.05. The first-order valence-corrected chi connectivity index (χ1v) is 9.70. The van der Waals surface area contributed by atoms with Crippen molar-refractivity contribution >= 4 is 22.9 Å². The largest absolute Gasteiger partial charge is 0.464 e. The van der Waals surface area contributed by atoms with Crippen molar-refractivity contribution in [3.63, 3.8) is 0 Å². The number of hydrogen-bond donors (Lipinski definition) is 2. The van der Waals surface area contributed by atoms with Crippen LogP contribution in [0.25, 0.3) is 16.9 Å². The van der Waals surface area contributed by atoms with Crippen LogP contribution in [0.2, 0.25) is 0 Å². The summed E-state index contributed by atoms with van der Waals surface area (Å²) in [5, 5.41) is 6.17. The normalized spacial score (nSPS) is 13.9. The third-order valence-corrected chi connectivity index (χ3v) is 5.10. The van der Waals surface area contributed by atoms with Crippen LogP contribution in [-0.4, -0.2) is 10.9 Å². The van der Waals surface area contributed by atoms with Gasteiger partial charge >= 0.3 is 0 Å². The number of fused-ring (bicyclic) bond motifs is 1. The molecule has 2 N–H and O–H groups in total. The van der Waals surface area contributed by atoms with Crippen LogP contribution >= 0.6 is 0 Å². The van der Waals surface area contributed by atoms with Crippen LogP contribution in [0.4, 0.5) is 11.4 Å². The molecule has 3 heterocycles. The van der Waals surface area contributed by atoms with Gasteiger partial charge in [-0.05, 0) is 60.0 Å². The molecule has 5 rings (SSSR count). The van der Waals surface area contributed by atoms with E-state index in [1.807, 2.05) is 54.6 Å². The summed E-state index contributed by atoms with van der Waals surface area (Å²) in [6.07, 6.45) is 7.86. The van der Waals surface area contributed by atoms with Crippen LogP contribution in [0.3, 0.4) is 0 Å². The number of furan rings is 1. The Morgan fingerprint density at radius 3 is 2.53 bits per heavy atom. The van der Waals surface area contributed by atoms with Gasteiger partial charge in [-0.2, -0.15) is 0 Å². The highest BCUT2D eigenvalue weighted by molar-refractivity contribution is 6.31. The monoisotopic (exact) mass is 393 g/mol. The second-order valence-electron chi connectivity index (χ2n) is 7.12. The van der Waals surface area contributed by atoms with Gasteiger partial charge in [0.1, 0.15) is 5.76 Å². The number of amides is 1. The van der Waals surface area contributed by atoms with E-state index in [-0.39, 0.29) is 5.91 Å². The van der Waals surface area contributed by atoms with E-state index in [0.29, 0.717) is 5.57 Å². The number of nitrogens with zero attached hydrogens (tertiary/aromatic N) is 1. The summed E-state index contributed by atoms with van der Waals surface area (Å²) in [6, 6.07) is 21.8. The third-order valence-electron chi connectivity index (χ3n) is 5.10. The predicted molar refractivity (Wildman–Crippen MR) is 118 cm³/mol. The topological polar surface area (TPSA) is 67.2 Å². The molecule has 0 saturated carbocycles. The van der Waals surface area contributed by atoms with E-state index < -0.39 is 0 Å². The number of anilines is 2. The highest BCUT2D eigenvalue weighted by Crippen LogP contribution is 2.35. The van der Waals surface area contributed by atoms with Crippen molar-refractivity contribution in [2.75, 3.05) is 10.6 Å². The molecule has 1 aliphatic rings. The first kappa shape index (κ1) is 17.9. The van der Waals surface area contributed by atoms with Gasteiger partial charge in [-0.1, -0.05) is 24.3 Å². The number of rotatable bonds is 5. The maximum absolute atomic E-state index is 12.5. The van der Waals surface area contributed by atoms with Gasteiger partial charge in [0, 0.05) is 41.1 Å². The summed E-state index contributed by atoms with van der Waals surface area (Å²) in [5.74, 6) is 0.651. The molecule has 2 aromatic heterocycles. The van der Waals surface area contributed by atoms with Gasteiger partial charge in [-0.3, -0.25) is 9.78 Å². The number of aromatic nitrogens is 1. The van der Waals surface area contributed by atoms with Crippen molar-refractivity contribution in [1.29, 1.82) is 0 Å². The summed E-state index contributed by atoms with van der Waals surface area (Å²) in [6.45, 7) is 0. The Balaban J connectivity index is 1.32. The zero-order chi connectivity index (χ0) is 20.3. The van der Waals surface area contributed by atoms with Gasteiger partial charge in [-0.15, -0.1) is 0 Å². The second kappa shape index (κ2) is 7.72. The number of carbonyl (C=O) groups is 1. The van der Waals surface area contributed by atoms with Crippen molar-refractivity contribution in [3.8, 4) is 11.3 Å². The van der Waals surface area contributed by atoms with Crippen LogP contribution in [0.1, 0.15) is 16.7 Å². The minimum atomic E-state index is -0.122. The van der Waals surface area contributed by atoms with E-state index in [9.17, 15) is 4.79 Å². The zero-order valence-electron chi connectivity index (χ0n) is 16.1. The van der Waals surface area contributed by atoms with E-state index >= 15 is 0 Å². The van der Waals surface area contributed by atoms with E-state index in [2.05, 4.69) is 27.8 Å². The standard InChI is InChI=1S/C25H19N3O2/c29-25-22(21-8-5-19(15-23(21)28-25)24-2-1-13-30-24)16-27-20-6-3-17(4-7-20)14-18-9-11-26-12-10-18/h1-13,15-16,27H,14H2,(H,28,29)/b22-16-. The predicted octanol–water partition coefficient (Wildman–Crippen LogP) is 5.34. The Morgan fingerprint density at radius 1 is 0.967 bits per heavy atom. The molecule has 1 aliphatic heterocycles. The molecule has 30 heavy (non-hydrogen) atoms. The van der Waals surface area contributed by atoms with Crippen molar-refractivity contribution in [1.82, 2.24) is 4.98 Å². The van der Waals surface area contributed by atoms with Crippen LogP contribution in [0.5, 0.6) is 0 Å². The van der Waals surface area contributed by atoms with Crippen LogP contribution in [0.15, 0.2) is 96.0 Å². The van der Waals surface area contributed by atoms with E-state index in [1.54, 1.807) is 24.9 Å². The molecule has 0 atom stereocenters. The minimum absolute atomic E-state index is 0.122. The molecule has 4 aromatic rings. The fourth-order valence-electron chi connectivity index (χ4n) is 3.54. The number of hydrogen-bond acceptors (Lipinski definition) is 4. The maximum Gasteiger partial charge on any atom is 0.257 e. The fourth-order valence-corrected chi connectivity index (χ4v) is 3.54. The summed E-state index contributed by atoms with van der Waals surface area (Å²) in [4.78, 5) is 16.5. The van der Waals surface area contributed by atoms with E-state index in [0.717, 1.165) is 34.7 Å². The lowest BCUT2D eigenvalue weighted by molar-refractivity contribution is -0.110. The summed E-state index contributed by atoms with van der Waals surface area (Å²) < 4.78 is 5.44. The first-order chi connectivity index (χ1) is 14.8. The minimum Gasteiger partial charge on any atom is -0.464 e. The molecule has 0 unspecified atom stereocenters. The maximum atomic E-state index is 12.5. The summed E-state index contributed by atoms with van der Waals surface area (Å²) in [5.41, 5.74) is 6.56. The average Bonchev–Trinajstić information content (AvgIpc) is 3.41. The molecular formula is C25H19N3O2. The van der Waals surface area contributed by atoms with Crippen LogP contribution in [-0.2, 0) is 11.2 Å². The summed E-state index contributed by atoms with van der Waals surface area (Å²) in [7, 11) is 0. The second-order valence-corrected chi connectivity index (χ2v) is 7.12. The highest BCUT2D eigenvalue weighted by Gasteiger charge is 2.24. The number of carbonyl (C=O) groups excluding carboxylic acids is 1. The van der Waals surface area contributed by atoms with Gasteiger partial charge in [0.05, 0.1) is 11.8 Å². The Bertz CT molecular complexity index is 1210. The Hall–Kier alpha value is -4.12. The lowest BCUT2D eigenvalue weighted by atomic mass is 10.0. The number of benzene rings is 2. The molecular weight excluding hydrogens is 374 g/mol. The van der Waals surface area contributed by atoms with Crippen LogP contribution in [0, 0.1) is 0 Å². The smallest absolute Gasteiger partial charge is 0.257 e. The molecule has 0 radical (unpaired) electrons. The first-order valence-electron chi connectivity index (χ1n) is 9.70. The van der Waals surface area contributed by atoms with Gasteiger partial charge < -0.3 is 15.1 Å². The van der Waals surface area contributed by atoms with Gasteiger partial charge in [0.2, 0.25) is 0 Å². The molecule has 0 spiro atoms. The fraction of sp³-hybridized carbons (Fsp3) is 0.0400. The van der Waals surface area contributed by atoms with Crippen LogP contribution < -0.4 is 10.6 Å². The van der Waals surface area contributed by atoms with Crippen molar-refractivity contribution in [2.45, 2.75) is 6.42 Å². The quantitative estimate of drug-likeness (QED) is 0.449. The Kier molecular flexibility index (Phi) is 4.62. The molecule has 0 bridgehead atoms. The van der Waals surface area contributed by atoms with Gasteiger partial charge in [-0.25, -0.2) is 0 Å². The Morgan fingerprint density at radius 2 is 1.77 bits per heavy atom. The highest BCUT2D eigenvalue weighted by atomic mass is 16.3. The lowest BCUT2D eigenvalue weighted by Gasteiger charge is -2.06. The van der Waals surface area contributed by atoms with E-state index in [4.69, 9.17) is 4.42 Å². The molecule has 1 amide bonds. The van der Waals surface area contributed by atoms with E-state index in [1.165, 1.54) is 11.1 Å². The summed E-state index contributed by atoms with van der Waals surface area (Å²) >= 11 is 0. The molecule has 2 aromatic carbocycles. The molecule has 0 fully saturated rings. The SMILES string of the molecule is O=C1Nc2cc(-c3ccco3)ccc2/C1=C/Nc1ccc(Cc2ccncc2)cc1. The molecule has 5 nitrogen and oxygen atoms in total. The van der Waals surface area contributed by atoms with Crippen molar-refractivity contribution in [3.05, 3.63) is 108 Å². The molecule has 5 heteroatoms. The molecule has 0 aliphatic carbocycles. The van der Waals surface area contributed by atoms with Gasteiger partial charge in [0.25, 0.3) is 5.91 Å². The third kappa shape index (κ3) is 3.61. The van der Waals surface area contributed by atoms with Gasteiger partial charge in [0.15, 0.2) is 0 Å². The average molecular weight is 393 g/mol. The Labute approximate surface area is 174 Å².